The molecule has 0 radical (unpaired) electrons. The van der Waals surface area contributed by atoms with Gasteiger partial charge >= 0.3 is 0 Å². The van der Waals surface area contributed by atoms with Crippen LogP contribution in [0, 0.1) is 0 Å². The fraction of sp³-hybridized carbons (Fsp3) is 0.342. The number of fused-ring (bicyclic) bond motifs is 10. The Hall–Kier alpha value is -8.00. The lowest BCUT2D eigenvalue weighted by atomic mass is 9.70. The van der Waals surface area contributed by atoms with Gasteiger partial charge in [0.1, 0.15) is 23.0 Å². The van der Waals surface area contributed by atoms with Crippen LogP contribution in [0.25, 0.3) is 22.3 Å². The Bertz CT molecular complexity index is 3100. The van der Waals surface area contributed by atoms with E-state index < -0.39 is 5.41 Å². The molecule has 1 spiro atoms. The highest BCUT2D eigenvalue weighted by molar-refractivity contribution is 5.98. The molecule has 0 aliphatic heterocycles. The van der Waals surface area contributed by atoms with E-state index >= 15 is 0 Å². The Morgan fingerprint density at radius 2 is 0.424 bits per heavy atom. The third-order valence-corrected chi connectivity index (χ3v) is 18.6. The molecule has 0 heterocycles. The van der Waals surface area contributed by atoms with Crippen LogP contribution in [0.3, 0.4) is 0 Å². The second-order valence-electron chi connectivity index (χ2n) is 22.7. The van der Waals surface area contributed by atoms with Crippen LogP contribution in [0.1, 0.15) is 77.6 Å². The van der Waals surface area contributed by atoms with E-state index in [1.807, 2.05) is 48.5 Å². The van der Waals surface area contributed by atoms with Crippen LogP contribution in [0.4, 0.5) is 45.5 Å². The number of hydrogen-bond donors (Lipinski definition) is 0. The summed E-state index contributed by atoms with van der Waals surface area (Å²) in [5.74, 6) is 3.15. The first kappa shape index (κ1) is 60.1. The molecular formula is C73H84N4O8. The maximum absolute atomic E-state index is 6.17. The van der Waals surface area contributed by atoms with E-state index in [0.717, 1.165) is 90.8 Å². The average Bonchev–Trinajstić information content (AvgIpc) is 1.54. The van der Waals surface area contributed by atoms with Crippen molar-refractivity contribution in [3.05, 3.63) is 192 Å². The first-order chi connectivity index (χ1) is 41.1. The zero-order valence-electron chi connectivity index (χ0n) is 52.3. The predicted octanol–water partition coefficient (Wildman–Crippen LogP) is 16.3. The van der Waals surface area contributed by atoms with Gasteiger partial charge in [-0.25, -0.2) is 0 Å². The van der Waals surface area contributed by atoms with Gasteiger partial charge in [0.05, 0.1) is 82.4 Å². The van der Waals surface area contributed by atoms with E-state index in [-0.39, 0.29) is 48.6 Å². The zero-order valence-corrected chi connectivity index (χ0v) is 52.3. The van der Waals surface area contributed by atoms with Crippen molar-refractivity contribution in [2.75, 3.05) is 76.5 Å². The largest absolute Gasteiger partial charge is 0.497 e. The Morgan fingerprint density at radius 1 is 0.247 bits per heavy atom. The summed E-state index contributed by atoms with van der Waals surface area (Å²) in [4.78, 5) is 9.66. The van der Waals surface area contributed by atoms with Crippen molar-refractivity contribution in [2.24, 2.45) is 0 Å². The topological polar surface area (TPSA) is 86.8 Å². The Labute approximate surface area is 504 Å². The van der Waals surface area contributed by atoms with Gasteiger partial charge in [-0.3, -0.25) is 0 Å². The van der Waals surface area contributed by atoms with Gasteiger partial charge in [-0.2, -0.15) is 0 Å². The van der Waals surface area contributed by atoms with Gasteiger partial charge in [0, 0.05) is 73.9 Å². The van der Waals surface area contributed by atoms with E-state index in [0.29, 0.717) is 0 Å². The lowest BCUT2D eigenvalue weighted by Gasteiger charge is -2.38. The van der Waals surface area contributed by atoms with Crippen molar-refractivity contribution in [2.45, 2.75) is 109 Å². The van der Waals surface area contributed by atoms with E-state index in [1.165, 1.54) is 22.3 Å². The van der Waals surface area contributed by atoms with E-state index in [4.69, 9.17) is 37.9 Å². The Kier molecular flexibility index (Phi) is 17.9. The van der Waals surface area contributed by atoms with Gasteiger partial charge in [-0.15, -0.1) is 0 Å². The van der Waals surface area contributed by atoms with E-state index in [2.05, 4.69) is 196 Å². The van der Waals surface area contributed by atoms with Gasteiger partial charge in [0.15, 0.2) is 0 Å². The average molecular weight is 1150 g/mol. The van der Waals surface area contributed by atoms with Crippen molar-refractivity contribution in [1.82, 2.24) is 0 Å². The number of nitrogens with zero attached hydrogens (tertiary/aromatic N) is 4. The summed E-state index contributed by atoms with van der Waals surface area (Å²) in [6.07, 6.45) is -0.543. The van der Waals surface area contributed by atoms with Crippen LogP contribution in [0.5, 0.6) is 23.0 Å². The summed E-state index contributed by atoms with van der Waals surface area (Å²) >= 11 is 0. The highest BCUT2D eigenvalue weighted by Gasteiger charge is 2.53. The van der Waals surface area contributed by atoms with Crippen molar-refractivity contribution in [3.63, 3.8) is 0 Å². The SMILES string of the molecule is COc1ccc(N(c2ccc3c(c2)C2(c4cc(N(c5ccc(OC)cc5)C(C)C(C)OC)ccc4-3)c3cc(N(c4ccc(OC)cc4)C(C)[C@H](C)OC)ccc3-c3ccc(N(c4ccc(OC)cc4)C(C)[C@@H](C)OC)cc32)C(C)C(C)OC)cc1. The Morgan fingerprint density at radius 3 is 0.588 bits per heavy atom. The van der Waals surface area contributed by atoms with Gasteiger partial charge < -0.3 is 57.5 Å². The molecule has 85 heavy (non-hydrogen) atoms. The maximum atomic E-state index is 6.17. The lowest BCUT2D eigenvalue weighted by molar-refractivity contribution is 0.100. The fourth-order valence-corrected chi connectivity index (χ4v) is 12.9. The molecule has 0 saturated carbocycles. The molecule has 8 aromatic carbocycles. The summed E-state index contributed by atoms with van der Waals surface area (Å²) < 4.78 is 47.5. The molecule has 0 fully saturated rings. The molecule has 0 bridgehead atoms. The molecule has 444 valence electrons. The molecule has 12 nitrogen and oxygen atoms in total. The smallest absolute Gasteiger partial charge is 0.119 e. The second-order valence-corrected chi connectivity index (χ2v) is 22.7. The minimum atomic E-state index is -0.917. The second kappa shape index (κ2) is 25.3. The monoisotopic (exact) mass is 1140 g/mol. The number of ether oxygens (including phenoxy) is 8. The highest BCUT2D eigenvalue weighted by Crippen LogP contribution is 2.65. The molecule has 0 aromatic heterocycles. The van der Waals surface area contributed by atoms with Crippen LogP contribution in [-0.4, -0.2) is 105 Å². The van der Waals surface area contributed by atoms with Crippen LogP contribution in [-0.2, 0) is 24.4 Å². The zero-order chi connectivity index (χ0) is 60.4. The van der Waals surface area contributed by atoms with Gasteiger partial charge in [-0.1, -0.05) is 24.3 Å². The van der Waals surface area contributed by atoms with Crippen molar-refractivity contribution in [3.8, 4) is 45.3 Å². The van der Waals surface area contributed by atoms with Crippen molar-refractivity contribution >= 4 is 45.5 Å². The summed E-state index contributed by atoms with van der Waals surface area (Å²) in [6, 6.07) is 61.4. The molecule has 8 aromatic rings. The van der Waals surface area contributed by atoms with Crippen molar-refractivity contribution < 1.29 is 37.9 Å². The fourth-order valence-electron chi connectivity index (χ4n) is 12.9. The van der Waals surface area contributed by atoms with Crippen LogP contribution >= 0.6 is 0 Å². The molecule has 6 unspecified atom stereocenters. The first-order valence-electron chi connectivity index (χ1n) is 29.5. The number of hydrogen-bond acceptors (Lipinski definition) is 12. The standard InChI is InChI=1S/C73H84N4O8/c1-45(49(5)78-9)74(53-17-29-61(82-13)30-18-53)57-25-37-65-66-38-26-58(75(46(2)50(6)79-10)54-19-31-62(83-14)32-20-54)42-70(66)73(69(65)41-57)71-43-59(76(47(3)51(7)80-11)55-21-33-63(84-15)34-22-55)27-39-67(71)68-40-28-60(44-72(68)73)77(48(4)52(8)81-12)56-23-35-64(85-16)36-24-56/h17-52H,1-16H3/t45?,46?,47?,48?,49-,50+,51?,52?,73?. The van der Waals surface area contributed by atoms with Gasteiger partial charge in [-0.05, 0) is 245 Å². The molecule has 2 aliphatic rings. The Balaban J connectivity index is 1.34. The summed E-state index contributed by atoms with van der Waals surface area (Å²) in [7, 11) is 14.0. The summed E-state index contributed by atoms with van der Waals surface area (Å²) in [6.45, 7) is 17.5. The molecular weight excluding hydrogens is 1060 g/mol. The number of rotatable bonds is 24. The molecule has 2 aliphatic carbocycles. The molecule has 0 saturated heterocycles. The predicted molar refractivity (Wildman–Crippen MR) is 347 cm³/mol. The molecule has 10 rings (SSSR count). The third kappa shape index (κ3) is 10.8. The lowest BCUT2D eigenvalue weighted by Crippen LogP contribution is -2.39. The third-order valence-electron chi connectivity index (χ3n) is 18.6. The summed E-state index contributed by atoms with van der Waals surface area (Å²) in [5, 5.41) is 0. The first-order valence-corrected chi connectivity index (χ1v) is 29.5. The van der Waals surface area contributed by atoms with Gasteiger partial charge in [0.25, 0.3) is 0 Å². The normalized spacial score (nSPS) is 16.6. The molecule has 8 atom stereocenters. The maximum Gasteiger partial charge on any atom is 0.119 e. The number of anilines is 8. The van der Waals surface area contributed by atoms with Gasteiger partial charge in [0.2, 0.25) is 0 Å². The molecule has 0 N–H and O–H groups in total. The van der Waals surface area contributed by atoms with Crippen molar-refractivity contribution in [1.29, 1.82) is 0 Å². The number of methoxy groups -OCH3 is 8. The summed E-state index contributed by atoms with van der Waals surface area (Å²) in [5.41, 5.74) is 16.5. The van der Waals surface area contributed by atoms with E-state index in [1.54, 1.807) is 56.9 Å². The van der Waals surface area contributed by atoms with Crippen LogP contribution in [0.2, 0.25) is 0 Å². The highest BCUT2D eigenvalue weighted by atomic mass is 16.5. The van der Waals surface area contributed by atoms with E-state index in [9.17, 15) is 0 Å². The minimum absolute atomic E-state index is 0.0870. The number of benzene rings is 8. The molecule has 12 heteroatoms. The molecule has 0 amide bonds. The minimum Gasteiger partial charge on any atom is -0.497 e. The van der Waals surface area contributed by atoms with Crippen LogP contribution < -0.4 is 38.5 Å². The quantitative estimate of drug-likeness (QED) is 0.0577. The van der Waals surface area contributed by atoms with Crippen LogP contribution in [0.15, 0.2) is 170 Å².